The molecule has 0 amide bonds. The summed E-state index contributed by atoms with van der Waals surface area (Å²) in [6.07, 6.45) is 3.47. The van der Waals surface area contributed by atoms with Crippen molar-refractivity contribution in [3.63, 3.8) is 0 Å². The monoisotopic (exact) mass is 191 g/mol. The first-order valence-corrected chi connectivity index (χ1v) is 5.16. The maximum Gasteiger partial charge on any atom is 0.122 e. The molecule has 1 aromatic carbocycles. The Balaban J connectivity index is 2.54. The van der Waals surface area contributed by atoms with E-state index in [1.165, 1.54) is 23.1 Å². The van der Waals surface area contributed by atoms with Crippen molar-refractivity contribution in [2.75, 3.05) is 7.11 Å². The average molecular weight is 191 g/mol. The van der Waals surface area contributed by atoms with Crippen LogP contribution in [0.2, 0.25) is 0 Å². The Morgan fingerprint density at radius 3 is 2.93 bits per heavy atom. The number of rotatable bonds is 1. The number of ether oxygens (including phenoxy) is 1. The average Bonchev–Trinajstić information content (AvgIpc) is 2.18. The molecule has 0 unspecified atom stereocenters. The Morgan fingerprint density at radius 2 is 2.21 bits per heavy atom. The minimum absolute atomic E-state index is 0.203. The fraction of sp³-hybridized carbons (Fsp3) is 0.500. The molecule has 0 saturated heterocycles. The van der Waals surface area contributed by atoms with Gasteiger partial charge in [-0.05, 0) is 48.9 Å². The molecule has 1 aliphatic rings. The first kappa shape index (κ1) is 9.53. The summed E-state index contributed by atoms with van der Waals surface area (Å²) in [6, 6.07) is 4.40. The molecule has 0 fully saturated rings. The molecule has 0 aliphatic heterocycles. The molecule has 0 saturated carbocycles. The number of aryl methyl sites for hydroxylation is 1. The fourth-order valence-corrected chi connectivity index (χ4v) is 2.38. The Hall–Kier alpha value is -1.02. The largest absolute Gasteiger partial charge is 0.496 e. The zero-order valence-electron chi connectivity index (χ0n) is 8.84. The van der Waals surface area contributed by atoms with E-state index in [4.69, 9.17) is 10.5 Å². The van der Waals surface area contributed by atoms with Crippen LogP contribution < -0.4 is 10.5 Å². The summed E-state index contributed by atoms with van der Waals surface area (Å²) in [5, 5.41) is 0. The number of nitrogens with two attached hydrogens (primary N) is 1. The molecule has 1 aromatic rings. The van der Waals surface area contributed by atoms with Crippen LogP contribution in [-0.4, -0.2) is 7.11 Å². The minimum Gasteiger partial charge on any atom is -0.496 e. The number of methoxy groups -OCH3 is 1. The van der Waals surface area contributed by atoms with Gasteiger partial charge in [-0.3, -0.25) is 0 Å². The van der Waals surface area contributed by atoms with Crippen LogP contribution in [-0.2, 0) is 6.42 Å². The van der Waals surface area contributed by atoms with E-state index in [2.05, 4.69) is 13.0 Å². The molecule has 14 heavy (non-hydrogen) atoms. The van der Waals surface area contributed by atoms with Gasteiger partial charge in [-0.25, -0.2) is 0 Å². The normalized spacial score (nSPS) is 20.4. The van der Waals surface area contributed by atoms with Crippen LogP contribution in [0.4, 0.5) is 0 Å². The first-order chi connectivity index (χ1) is 6.74. The molecule has 2 rings (SSSR count). The van der Waals surface area contributed by atoms with E-state index in [0.29, 0.717) is 0 Å². The van der Waals surface area contributed by atoms with E-state index in [-0.39, 0.29) is 6.04 Å². The third-order valence-corrected chi connectivity index (χ3v) is 3.11. The van der Waals surface area contributed by atoms with Crippen molar-refractivity contribution in [1.29, 1.82) is 0 Å². The van der Waals surface area contributed by atoms with Crippen LogP contribution in [0.15, 0.2) is 12.1 Å². The molecule has 0 aromatic heterocycles. The highest BCUT2D eigenvalue weighted by molar-refractivity contribution is 5.46. The zero-order valence-corrected chi connectivity index (χ0v) is 8.84. The van der Waals surface area contributed by atoms with Gasteiger partial charge in [0, 0.05) is 6.04 Å². The highest BCUT2D eigenvalue weighted by atomic mass is 16.5. The number of hydrogen-bond donors (Lipinski definition) is 1. The van der Waals surface area contributed by atoms with Gasteiger partial charge in [-0.15, -0.1) is 0 Å². The smallest absolute Gasteiger partial charge is 0.122 e. The molecule has 1 aliphatic carbocycles. The van der Waals surface area contributed by atoms with Crippen molar-refractivity contribution < 1.29 is 4.74 Å². The van der Waals surface area contributed by atoms with Gasteiger partial charge in [0.15, 0.2) is 0 Å². The summed E-state index contributed by atoms with van der Waals surface area (Å²) in [5.74, 6) is 0.959. The van der Waals surface area contributed by atoms with Gasteiger partial charge >= 0.3 is 0 Å². The lowest BCUT2D eigenvalue weighted by Gasteiger charge is -2.25. The Kier molecular flexibility index (Phi) is 2.46. The summed E-state index contributed by atoms with van der Waals surface area (Å²) in [7, 11) is 1.71. The van der Waals surface area contributed by atoms with E-state index >= 15 is 0 Å². The van der Waals surface area contributed by atoms with Gasteiger partial charge in [0.25, 0.3) is 0 Å². The van der Waals surface area contributed by atoms with Gasteiger partial charge in [-0.1, -0.05) is 6.07 Å². The van der Waals surface area contributed by atoms with Crippen molar-refractivity contribution in [2.45, 2.75) is 32.2 Å². The minimum atomic E-state index is 0.203. The van der Waals surface area contributed by atoms with Gasteiger partial charge in [0.1, 0.15) is 5.75 Å². The van der Waals surface area contributed by atoms with Crippen molar-refractivity contribution in [3.05, 3.63) is 28.8 Å². The summed E-state index contributed by atoms with van der Waals surface area (Å²) < 4.78 is 5.30. The Bertz CT molecular complexity index is 346. The van der Waals surface area contributed by atoms with Gasteiger partial charge in [0.05, 0.1) is 7.11 Å². The van der Waals surface area contributed by atoms with E-state index in [1.54, 1.807) is 7.11 Å². The second-order valence-electron chi connectivity index (χ2n) is 3.96. The molecule has 76 valence electrons. The zero-order chi connectivity index (χ0) is 10.1. The maximum absolute atomic E-state index is 6.12. The van der Waals surface area contributed by atoms with Crippen LogP contribution in [0, 0.1) is 6.92 Å². The molecule has 2 heteroatoms. The van der Waals surface area contributed by atoms with Gasteiger partial charge < -0.3 is 10.5 Å². The highest BCUT2D eigenvalue weighted by Crippen LogP contribution is 2.34. The van der Waals surface area contributed by atoms with Crippen molar-refractivity contribution >= 4 is 0 Å². The SMILES string of the molecule is COc1ccc2c(c1C)[C@H](N)CCC2. The lowest BCUT2D eigenvalue weighted by Crippen LogP contribution is -2.19. The molecule has 0 radical (unpaired) electrons. The van der Waals surface area contributed by atoms with Crippen LogP contribution in [0.5, 0.6) is 5.75 Å². The summed E-state index contributed by atoms with van der Waals surface area (Å²) in [4.78, 5) is 0. The molecule has 2 N–H and O–H groups in total. The highest BCUT2D eigenvalue weighted by Gasteiger charge is 2.20. The topological polar surface area (TPSA) is 35.2 Å². The van der Waals surface area contributed by atoms with E-state index in [1.807, 2.05) is 6.07 Å². The first-order valence-electron chi connectivity index (χ1n) is 5.16. The van der Waals surface area contributed by atoms with E-state index in [0.717, 1.165) is 18.6 Å². The van der Waals surface area contributed by atoms with Crippen LogP contribution in [0.25, 0.3) is 0 Å². The summed E-state index contributed by atoms with van der Waals surface area (Å²) >= 11 is 0. The predicted octanol–water partition coefficient (Wildman–Crippen LogP) is 2.34. The molecule has 0 heterocycles. The lowest BCUT2D eigenvalue weighted by atomic mass is 9.85. The number of fused-ring (bicyclic) bond motifs is 1. The molecule has 1 atom stereocenters. The van der Waals surface area contributed by atoms with E-state index in [9.17, 15) is 0 Å². The Morgan fingerprint density at radius 1 is 1.43 bits per heavy atom. The lowest BCUT2D eigenvalue weighted by molar-refractivity contribution is 0.409. The second kappa shape index (κ2) is 3.62. The van der Waals surface area contributed by atoms with Gasteiger partial charge in [-0.2, -0.15) is 0 Å². The second-order valence-corrected chi connectivity index (χ2v) is 3.96. The van der Waals surface area contributed by atoms with Crippen molar-refractivity contribution in [1.82, 2.24) is 0 Å². The standard InChI is InChI=1S/C12H17NO/c1-8-11(14-2)7-6-9-4-3-5-10(13)12(8)9/h6-7,10H,3-5,13H2,1-2H3/t10-/m1/s1. The van der Waals surface area contributed by atoms with Gasteiger partial charge in [0.2, 0.25) is 0 Å². The molecule has 0 spiro atoms. The van der Waals surface area contributed by atoms with Crippen LogP contribution in [0.3, 0.4) is 0 Å². The quantitative estimate of drug-likeness (QED) is 0.739. The Labute approximate surface area is 85.1 Å². The molecular formula is C12H17NO. The number of hydrogen-bond acceptors (Lipinski definition) is 2. The van der Waals surface area contributed by atoms with Crippen LogP contribution >= 0.6 is 0 Å². The van der Waals surface area contributed by atoms with Crippen molar-refractivity contribution in [2.24, 2.45) is 5.73 Å². The summed E-state index contributed by atoms with van der Waals surface area (Å²) in [6.45, 7) is 2.10. The van der Waals surface area contributed by atoms with E-state index < -0.39 is 0 Å². The molecule has 0 bridgehead atoms. The fourth-order valence-electron chi connectivity index (χ4n) is 2.38. The third kappa shape index (κ3) is 1.40. The maximum atomic E-state index is 6.12. The summed E-state index contributed by atoms with van der Waals surface area (Å²) in [5.41, 5.74) is 10.1. The third-order valence-electron chi connectivity index (χ3n) is 3.11. The van der Waals surface area contributed by atoms with Crippen molar-refractivity contribution in [3.8, 4) is 5.75 Å². The predicted molar refractivity (Wildman–Crippen MR) is 57.6 cm³/mol. The number of benzene rings is 1. The molecule has 2 nitrogen and oxygen atoms in total. The van der Waals surface area contributed by atoms with Crippen LogP contribution in [0.1, 0.15) is 35.6 Å². The molecular weight excluding hydrogens is 174 g/mol.